The Bertz CT molecular complexity index is 1660. The number of esters is 1. The quantitative estimate of drug-likeness (QED) is 0.124. The van der Waals surface area contributed by atoms with Crippen molar-refractivity contribution in [2.45, 2.75) is 136 Å². The van der Waals surface area contributed by atoms with Crippen LogP contribution in [0, 0.1) is 17.8 Å². The number of methoxy groups -OCH3 is 1. The molecule has 0 aliphatic carbocycles. The summed E-state index contributed by atoms with van der Waals surface area (Å²) in [6.45, 7) is 13.9. The summed E-state index contributed by atoms with van der Waals surface area (Å²) in [5, 5.41) is 14.7. The van der Waals surface area contributed by atoms with Gasteiger partial charge in [0, 0.05) is 20.0 Å². The highest BCUT2D eigenvalue weighted by Gasteiger charge is 2.42. The molecule has 0 aromatic heterocycles. The molecular weight excluding hydrogens is 764 g/mol. The second-order valence-corrected chi connectivity index (χ2v) is 16.2. The van der Waals surface area contributed by atoms with Crippen LogP contribution in [0.2, 0.25) is 0 Å². The van der Waals surface area contributed by atoms with E-state index in [1.54, 1.807) is 45.0 Å². The van der Waals surface area contributed by atoms with Crippen LogP contribution in [0.25, 0.3) is 0 Å². The van der Waals surface area contributed by atoms with Gasteiger partial charge in [-0.05, 0) is 68.6 Å². The van der Waals surface area contributed by atoms with E-state index in [9.17, 15) is 38.4 Å². The number of amides is 7. The zero-order valence-electron chi connectivity index (χ0n) is 36.0. The predicted octanol–water partition coefficient (Wildman–Crippen LogP) is 0.328. The fraction of sp³-hybridized carbons (Fsp3) is 0.659. The van der Waals surface area contributed by atoms with E-state index < -0.39 is 102 Å². The molecule has 0 bridgehead atoms. The molecule has 7 amide bonds. The number of rotatable bonds is 12. The van der Waals surface area contributed by atoms with Crippen molar-refractivity contribution in [3.63, 3.8) is 0 Å². The van der Waals surface area contributed by atoms with Crippen LogP contribution >= 0.6 is 0 Å². The van der Waals surface area contributed by atoms with Gasteiger partial charge in [0.05, 0.1) is 7.11 Å². The van der Waals surface area contributed by atoms with Crippen molar-refractivity contribution in [2.24, 2.45) is 17.8 Å². The highest BCUT2D eigenvalue weighted by molar-refractivity contribution is 5.98. The molecule has 3 rings (SSSR count). The summed E-state index contributed by atoms with van der Waals surface area (Å²) in [4.78, 5) is 111. The number of cyclic esters (lactones) is 1. The standard InChI is InChI=1S/C41H64N8O10/c1-11-24(6)33-40(56)49-31(13-12-18-43-49)36(52)45-30(19-22(2)3)39(55)48(9)25(7)41(57)59-26(8)34(47-37(53)32(23(4)5)42-21-50)38(54)44-29(35(51)46-33)20-27-14-16-28(58-10)17-15-27/h14-17,21-26,29-34,43H,11-13,18-20H2,1-10H3,(H,42,50)(H,44,54)(H,45,52)(H,46,51)(H,47,53)/t24-,25-,26-,29-,30-,31-,32-,33+,34-/m0/s1. The molecule has 1 aromatic rings. The monoisotopic (exact) mass is 828 g/mol. The lowest BCUT2D eigenvalue weighted by Crippen LogP contribution is -2.66. The van der Waals surface area contributed by atoms with Crippen LogP contribution in [-0.4, -0.2) is 127 Å². The third-order valence-corrected chi connectivity index (χ3v) is 10.9. The zero-order chi connectivity index (χ0) is 44.1. The molecule has 6 N–H and O–H groups in total. The molecule has 328 valence electrons. The van der Waals surface area contributed by atoms with E-state index in [0.29, 0.717) is 37.1 Å². The molecule has 0 unspecified atom stereocenters. The first-order valence-electron chi connectivity index (χ1n) is 20.4. The molecule has 9 atom stereocenters. The SMILES string of the molecule is CC[C@H](C)[C@H]1NC(=O)[C@H](Cc2ccc(OC)cc2)NC(=O)[C@@H](NC(=O)[C@@H](NC=O)C(C)C)[C@H](C)OC(=O)[C@H](C)N(C)C(=O)[C@H](CC(C)C)NC(=O)[C@@H]2CCCNN2C1=O. The Hall–Kier alpha value is -5.26. The van der Waals surface area contributed by atoms with Gasteiger partial charge in [0.2, 0.25) is 35.9 Å². The molecule has 0 saturated carbocycles. The summed E-state index contributed by atoms with van der Waals surface area (Å²) >= 11 is 0. The van der Waals surface area contributed by atoms with E-state index in [1.807, 2.05) is 20.8 Å². The van der Waals surface area contributed by atoms with E-state index >= 15 is 0 Å². The van der Waals surface area contributed by atoms with Crippen LogP contribution in [0.3, 0.4) is 0 Å². The first-order valence-corrected chi connectivity index (χ1v) is 20.4. The van der Waals surface area contributed by atoms with E-state index in [-0.39, 0.29) is 25.2 Å². The third kappa shape index (κ3) is 12.9. The van der Waals surface area contributed by atoms with E-state index in [4.69, 9.17) is 9.47 Å². The van der Waals surface area contributed by atoms with Gasteiger partial charge in [-0.2, -0.15) is 0 Å². The number of likely N-dealkylation sites (N-methyl/N-ethyl adjacent to an activating group) is 1. The van der Waals surface area contributed by atoms with E-state index in [0.717, 1.165) is 4.90 Å². The van der Waals surface area contributed by atoms with Crippen LogP contribution < -0.4 is 36.7 Å². The van der Waals surface area contributed by atoms with Gasteiger partial charge >= 0.3 is 5.97 Å². The summed E-state index contributed by atoms with van der Waals surface area (Å²) in [6, 6.07) is -1.77. The maximum absolute atomic E-state index is 14.5. The lowest BCUT2D eigenvalue weighted by Gasteiger charge is -2.39. The molecule has 2 fully saturated rings. The van der Waals surface area contributed by atoms with Crippen molar-refractivity contribution in [2.75, 3.05) is 20.7 Å². The Labute approximate surface area is 347 Å². The number of nitrogens with zero attached hydrogens (tertiary/aromatic N) is 2. The Morgan fingerprint density at radius 2 is 1.58 bits per heavy atom. The Kier molecular flexibility index (Phi) is 18.1. The molecule has 0 radical (unpaired) electrons. The third-order valence-electron chi connectivity index (χ3n) is 10.9. The smallest absolute Gasteiger partial charge is 0.328 e. The molecule has 18 nitrogen and oxygen atoms in total. The van der Waals surface area contributed by atoms with Crippen molar-refractivity contribution in [1.29, 1.82) is 0 Å². The van der Waals surface area contributed by atoms with Gasteiger partial charge in [0.25, 0.3) is 5.91 Å². The summed E-state index contributed by atoms with van der Waals surface area (Å²) < 4.78 is 11.0. The van der Waals surface area contributed by atoms with Gasteiger partial charge in [0.1, 0.15) is 54.1 Å². The van der Waals surface area contributed by atoms with Gasteiger partial charge in [-0.3, -0.25) is 38.6 Å². The molecular formula is C41H64N8O10. The normalized spacial score (nSPS) is 26.5. The fourth-order valence-electron chi connectivity index (χ4n) is 6.96. The second-order valence-electron chi connectivity index (χ2n) is 16.2. The lowest BCUT2D eigenvalue weighted by molar-refractivity contribution is -0.161. The van der Waals surface area contributed by atoms with Crippen molar-refractivity contribution < 1.29 is 47.8 Å². The van der Waals surface area contributed by atoms with Crippen LogP contribution in [0.1, 0.15) is 86.6 Å². The minimum absolute atomic E-state index is 0.0640. The topological polar surface area (TPSA) is 234 Å². The lowest BCUT2D eigenvalue weighted by atomic mass is 9.95. The first kappa shape index (κ1) is 48.1. The average molecular weight is 829 g/mol. The van der Waals surface area contributed by atoms with Crippen molar-refractivity contribution in [3.8, 4) is 5.75 Å². The largest absolute Gasteiger partial charge is 0.497 e. The minimum atomic E-state index is -1.61. The molecule has 18 heteroatoms. The van der Waals surface area contributed by atoms with Crippen LogP contribution in [0.5, 0.6) is 5.75 Å². The molecule has 2 saturated heterocycles. The molecule has 1 aromatic carbocycles. The van der Waals surface area contributed by atoms with Crippen molar-refractivity contribution in [3.05, 3.63) is 29.8 Å². The van der Waals surface area contributed by atoms with Crippen LogP contribution in [0.4, 0.5) is 0 Å². The molecule has 0 spiro atoms. The number of hydrogen-bond donors (Lipinski definition) is 6. The first-order chi connectivity index (χ1) is 27.8. The van der Waals surface area contributed by atoms with Gasteiger partial charge in [0.15, 0.2) is 0 Å². The fourth-order valence-corrected chi connectivity index (χ4v) is 6.96. The Balaban J connectivity index is 2.21. The van der Waals surface area contributed by atoms with Gasteiger partial charge < -0.3 is 41.0 Å². The number of hydrazine groups is 1. The highest BCUT2D eigenvalue weighted by atomic mass is 16.5. The molecule has 2 aliphatic rings. The van der Waals surface area contributed by atoms with Crippen molar-refractivity contribution in [1.82, 2.24) is 41.9 Å². The molecule has 2 heterocycles. The highest BCUT2D eigenvalue weighted by Crippen LogP contribution is 2.20. The summed E-state index contributed by atoms with van der Waals surface area (Å²) in [5.41, 5.74) is 3.64. The average Bonchev–Trinajstić information content (AvgIpc) is 3.21. The number of benzene rings is 1. The van der Waals surface area contributed by atoms with Gasteiger partial charge in [-0.15, -0.1) is 0 Å². The van der Waals surface area contributed by atoms with Crippen LogP contribution in [0.15, 0.2) is 24.3 Å². The summed E-state index contributed by atoms with van der Waals surface area (Å²) in [7, 11) is 2.89. The number of fused-ring (bicyclic) bond motifs is 1. The molecule has 59 heavy (non-hydrogen) atoms. The van der Waals surface area contributed by atoms with Gasteiger partial charge in [-0.25, -0.2) is 10.2 Å². The Morgan fingerprint density at radius 3 is 2.15 bits per heavy atom. The Morgan fingerprint density at radius 1 is 0.932 bits per heavy atom. The predicted molar refractivity (Wildman–Crippen MR) is 217 cm³/mol. The summed E-state index contributed by atoms with van der Waals surface area (Å²) in [5.74, 6) is -5.45. The number of ether oxygens (including phenoxy) is 2. The van der Waals surface area contributed by atoms with E-state index in [2.05, 4.69) is 32.0 Å². The van der Waals surface area contributed by atoms with E-state index in [1.165, 1.54) is 33.0 Å². The minimum Gasteiger partial charge on any atom is -0.497 e. The number of carbonyl (C=O) groups is 8. The summed E-state index contributed by atoms with van der Waals surface area (Å²) in [6.07, 6.45) is 0.382. The number of carbonyl (C=O) groups excluding carboxylic acids is 8. The number of nitrogens with one attached hydrogen (secondary N) is 6. The van der Waals surface area contributed by atoms with Gasteiger partial charge in [-0.1, -0.05) is 60.1 Å². The van der Waals surface area contributed by atoms with Crippen molar-refractivity contribution >= 4 is 47.8 Å². The maximum atomic E-state index is 14.5. The number of hydrogen-bond acceptors (Lipinski definition) is 11. The second kappa shape index (κ2) is 22.2. The zero-order valence-corrected chi connectivity index (χ0v) is 36.0. The van der Waals surface area contributed by atoms with Crippen LogP contribution in [-0.2, 0) is 49.5 Å². The molecule has 2 aliphatic heterocycles. The maximum Gasteiger partial charge on any atom is 0.328 e.